The predicted molar refractivity (Wildman–Crippen MR) is 152 cm³/mol. The van der Waals surface area contributed by atoms with Crippen molar-refractivity contribution in [2.75, 3.05) is 19.7 Å². The van der Waals surface area contributed by atoms with Crippen molar-refractivity contribution in [1.29, 1.82) is 0 Å². The molecule has 38 heavy (non-hydrogen) atoms. The van der Waals surface area contributed by atoms with E-state index in [1.807, 2.05) is 30.5 Å². The molecule has 1 unspecified atom stereocenters. The highest BCUT2D eigenvalue weighted by Gasteiger charge is 2.29. The summed E-state index contributed by atoms with van der Waals surface area (Å²) in [7, 11) is -0.408. The lowest BCUT2D eigenvalue weighted by atomic mass is 9.84. The Labute approximate surface area is 227 Å². The number of amides is 1. The van der Waals surface area contributed by atoms with Gasteiger partial charge in [0.1, 0.15) is 11.6 Å². The molecule has 5 nitrogen and oxygen atoms in total. The minimum absolute atomic E-state index is 0.0711. The second kappa shape index (κ2) is 13.7. The summed E-state index contributed by atoms with van der Waals surface area (Å²) in [5, 5.41) is 6.47. The number of hydrogen-bond acceptors (Lipinski definition) is 3. The zero-order chi connectivity index (χ0) is 27.7. The number of carbonyl (C=O) groups excluding carboxylic acids is 1. The van der Waals surface area contributed by atoms with Crippen LogP contribution in [-0.2, 0) is 11.3 Å². The van der Waals surface area contributed by atoms with E-state index >= 15 is 0 Å². The molecule has 1 heterocycles. The van der Waals surface area contributed by atoms with E-state index in [-0.39, 0.29) is 23.1 Å². The lowest BCUT2D eigenvalue weighted by Crippen LogP contribution is -2.36. The number of hydrogen-bond donors (Lipinski definition) is 2. The van der Waals surface area contributed by atoms with Crippen LogP contribution in [0, 0.1) is 17.0 Å². The van der Waals surface area contributed by atoms with Crippen molar-refractivity contribution in [3.8, 4) is 11.1 Å². The first-order valence-electron chi connectivity index (χ1n) is 13.2. The third-order valence-electron chi connectivity index (χ3n) is 6.33. The van der Waals surface area contributed by atoms with Crippen molar-refractivity contribution in [3.63, 3.8) is 0 Å². The molecule has 3 aromatic rings. The third-order valence-corrected chi connectivity index (χ3v) is 7.54. The normalized spacial score (nSPS) is 12.5. The van der Waals surface area contributed by atoms with Gasteiger partial charge in [-0.15, -0.1) is 0 Å². The fraction of sp³-hybridized carbons (Fsp3) is 0.433. The number of alkyl carbamates (subject to hydrolysis) is 1. The minimum Gasteiger partial charge on any atom is -0.450 e. The smallest absolute Gasteiger partial charge is 0.407 e. The summed E-state index contributed by atoms with van der Waals surface area (Å²) in [6, 6.07) is 16.4. The van der Waals surface area contributed by atoms with Gasteiger partial charge in [0.05, 0.1) is 12.6 Å². The Morgan fingerprint density at radius 3 is 2.47 bits per heavy atom. The Morgan fingerprint density at radius 2 is 1.79 bits per heavy atom. The molecule has 2 aromatic carbocycles. The molecule has 0 fully saturated rings. The van der Waals surface area contributed by atoms with E-state index in [1.54, 1.807) is 0 Å². The lowest BCUT2D eigenvalue weighted by Gasteiger charge is -2.33. The van der Waals surface area contributed by atoms with Gasteiger partial charge >= 0.3 is 6.09 Å². The van der Waals surface area contributed by atoms with Crippen molar-refractivity contribution in [1.82, 2.24) is 15.2 Å². The van der Waals surface area contributed by atoms with Gasteiger partial charge in [0.25, 0.3) is 0 Å². The molecular weight excluding hydrogens is 500 g/mol. The second-order valence-corrected chi connectivity index (χ2v) is 13.9. The first-order valence-corrected chi connectivity index (χ1v) is 15.9. The molecule has 1 radical (unpaired) electrons. The van der Waals surface area contributed by atoms with E-state index < -0.39 is 20.4 Å². The molecule has 1 atom stereocenters. The highest BCUT2D eigenvalue weighted by molar-refractivity contribution is 6.55. The molecule has 0 spiro atoms. The predicted octanol–water partition coefficient (Wildman–Crippen LogP) is 7.03. The number of nitrogens with zero attached hydrogens (tertiary/aromatic N) is 1. The van der Waals surface area contributed by atoms with Crippen LogP contribution in [0.1, 0.15) is 44.5 Å². The molecule has 3 rings (SSSR count). The number of benzene rings is 2. The first-order chi connectivity index (χ1) is 18.0. The van der Waals surface area contributed by atoms with Crippen LogP contribution in [0.15, 0.2) is 60.8 Å². The highest BCUT2D eigenvalue weighted by Crippen LogP contribution is 2.37. The number of nitrogens with one attached hydrogen (secondary N) is 2. The lowest BCUT2D eigenvalue weighted by molar-refractivity contribution is 0.151. The van der Waals surface area contributed by atoms with Gasteiger partial charge in [-0.2, -0.15) is 0 Å². The Morgan fingerprint density at radius 1 is 1.05 bits per heavy atom. The Hall–Kier alpha value is -2.97. The van der Waals surface area contributed by atoms with Crippen LogP contribution in [0.3, 0.4) is 0 Å². The SMILES string of the molecule is C[Si](C)CCOC(=O)NCCCNC(c1cc(-c2cc(F)ccc2F)cn1Cc1ccccc1)C(C)(C)C. The fourth-order valence-electron chi connectivity index (χ4n) is 4.33. The van der Waals surface area contributed by atoms with E-state index in [1.165, 1.54) is 12.1 Å². The Kier molecular flexibility index (Phi) is 10.7. The van der Waals surface area contributed by atoms with Gasteiger partial charge in [-0.05, 0) is 54.3 Å². The van der Waals surface area contributed by atoms with Gasteiger partial charge < -0.3 is 19.9 Å². The topological polar surface area (TPSA) is 55.3 Å². The van der Waals surface area contributed by atoms with Gasteiger partial charge in [0.2, 0.25) is 0 Å². The maximum atomic E-state index is 14.7. The highest BCUT2D eigenvalue weighted by atomic mass is 28.3. The largest absolute Gasteiger partial charge is 0.450 e. The van der Waals surface area contributed by atoms with Crippen molar-refractivity contribution >= 4 is 14.9 Å². The Balaban J connectivity index is 1.77. The molecule has 1 amide bonds. The third kappa shape index (κ3) is 8.81. The molecule has 0 saturated heterocycles. The molecule has 0 aliphatic heterocycles. The fourth-order valence-corrected chi connectivity index (χ4v) is 4.84. The summed E-state index contributed by atoms with van der Waals surface area (Å²) < 4.78 is 36.1. The quantitative estimate of drug-likeness (QED) is 0.192. The molecule has 1 aromatic heterocycles. The molecule has 0 bridgehead atoms. The summed E-state index contributed by atoms with van der Waals surface area (Å²) in [4.78, 5) is 11.9. The average molecular weight is 541 g/mol. The summed E-state index contributed by atoms with van der Waals surface area (Å²) in [5.74, 6) is -0.927. The number of aromatic nitrogens is 1. The van der Waals surface area contributed by atoms with Crippen LogP contribution >= 0.6 is 0 Å². The van der Waals surface area contributed by atoms with Crippen LogP contribution in [-0.4, -0.2) is 39.2 Å². The molecular formula is C30H40F2N3O2Si. The van der Waals surface area contributed by atoms with E-state index in [9.17, 15) is 13.6 Å². The van der Waals surface area contributed by atoms with Crippen molar-refractivity contribution in [2.24, 2.45) is 5.41 Å². The zero-order valence-electron chi connectivity index (χ0n) is 23.1. The monoisotopic (exact) mass is 540 g/mol. The van der Waals surface area contributed by atoms with Crippen LogP contribution in [0.25, 0.3) is 11.1 Å². The van der Waals surface area contributed by atoms with Gasteiger partial charge in [-0.1, -0.05) is 64.2 Å². The molecule has 0 aliphatic carbocycles. The van der Waals surface area contributed by atoms with Crippen molar-refractivity contribution in [3.05, 3.63) is 83.7 Å². The van der Waals surface area contributed by atoms with Crippen LogP contribution in [0.2, 0.25) is 19.1 Å². The zero-order valence-corrected chi connectivity index (χ0v) is 24.1. The van der Waals surface area contributed by atoms with E-state index in [0.717, 1.165) is 29.8 Å². The summed E-state index contributed by atoms with van der Waals surface area (Å²) >= 11 is 0. The van der Waals surface area contributed by atoms with Crippen LogP contribution < -0.4 is 10.6 Å². The molecule has 205 valence electrons. The number of rotatable bonds is 12. The number of ether oxygens (including phenoxy) is 1. The molecule has 0 aliphatic rings. The molecule has 8 heteroatoms. The Bertz CT molecular complexity index is 1180. The first kappa shape index (κ1) is 29.6. The molecule has 2 N–H and O–H groups in total. The van der Waals surface area contributed by atoms with E-state index in [4.69, 9.17) is 4.74 Å². The standard InChI is InChI=1S/C30H40F2N3O2Si/c1-30(2,3)28(33-14-9-15-34-29(36)37-16-17-38(4)5)27-18-23(25-19-24(31)12-13-26(25)32)21-35(27)20-22-10-7-6-8-11-22/h6-8,10-13,18-19,21,28,33H,9,14-17,20H2,1-5H3,(H,34,36). The van der Waals surface area contributed by atoms with Crippen molar-refractivity contribution in [2.45, 2.75) is 58.9 Å². The molecule has 0 saturated carbocycles. The summed E-state index contributed by atoms with van der Waals surface area (Å²) in [6.07, 6.45) is 2.25. The average Bonchev–Trinajstić information content (AvgIpc) is 3.25. The van der Waals surface area contributed by atoms with Gasteiger partial charge in [0, 0.05) is 44.9 Å². The van der Waals surface area contributed by atoms with Crippen LogP contribution in [0.4, 0.5) is 13.6 Å². The number of halogens is 2. The van der Waals surface area contributed by atoms with Crippen LogP contribution in [0.5, 0.6) is 0 Å². The van der Waals surface area contributed by atoms with E-state index in [0.29, 0.717) is 31.8 Å². The van der Waals surface area contributed by atoms with Gasteiger partial charge in [-0.3, -0.25) is 0 Å². The van der Waals surface area contributed by atoms with Gasteiger partial charge in [-0.25, -0.2) is 13.6 Å². The minimum atomic E-state index is -0.471. The second-order valence-electron chi connectivity index (χ2n) is 11.0. The maximum Gasteiger partial charge on any atom is 0.407 e. The van der Waals surface area contributed by atoms with Gasteiger partial charge in [0.15, 0.2) is 0 Å². The number of carbonyl (C=O) groups is 1. The maximum absolute atomic E-state index is 14.7. The van der Waals surface area contributed by atoms with Crippen molar-refractivity contribution < 1.29 is 18.3 Å². The summed E-state index contributed by atoms with van der Waals surface area (Å²) in [5.41, 5.74) is 2.82. The summed E-state index contributed by atoms with van der Waals surface area (Å²) in [6.45, 7) is 13.1. The van der Waals surface area contributed by atoms with E-state index in [2.05, 4.69) is 61.2 Å².